The lowest BCUT2D eigenvalue weighted by molar-refractivity contribution is -0.172. The van der Waals surface area contributed by atoms with E-state index in [0.717, 1.165) is 27.6 Å². The van der Waals surface area contributed by atoms with Crippen molar-refractivity contribution in [3.8, 4) is 22.5 Å². The Balaban J connectivity index is 1.69. The molecule has 2 aromatic heterocycles. The molecule has 0 fully saturated rings. The number of rotatable bonds is 2. The van der Waals surface area contributed by atoms with Gasteiger partial charge in [-0.3, -0.25) is 4.79 Å². The standard InChI is InChI=1S/C26H21N3O4/c1-2-26(32)19-11-21-23-17(12-29(21)24(30)18(19)13-33-25(26)31)22(14-6-5-7-15(27)10-14)16-8-3-4-9-20(16)28-23/h3-11,32H,2,12-13,27H2,1H3/t26-/m0/s1. The molecule has 0 saturated heterocycles. The van der Waals surface area contributed by atoms with Crippen molar-refractivity contribution in [1.29, 1.82) is 0 Å². The number of pyridine rings is 2. The van der Waals surface area contributed by atoms with Gasteiger partial charge in [0.25, 0.3) is 5.56 Å². The van der Waals surface area contributed by atoms with E-state index < -0.39 is 11.6 Å². The van der Waals surface area contributed by atoms with E-state index in [1.165, 1.54) is 0 Å². The van der Waals surface area contributed by atoms with Gasteiger partial charge in [-0.25, -0.2) is 9.78 Å². The second-order valence-electron chi connectivity index (χ2n) is 8.56. The summed E-state index contributed by atoms with van der Waals surface area (Å²) in [5.74, 6) is -0.730. The first-order valence-corrected chi connectivity index (χ1v) is 10.9. The number of aliphatic hydroxyl groups is 1. The Morgan fingerprint density at radius 3 is 2.73 bits per heavy atom. The molecule has 1 atom stereocenters. The SMILES string of the molecule is CC[C@@]1(O)C(=O)OCc2c1cc1n(c2=O)Cc2c-1nc1ccccc1c2-c1cccc(N)c1. The maximum atomic E-state index is 13.5. The first kappa shape index (κ1) is 19.7. The third kappa shape index (κ3) is 2.63. The van der Waals surface area contributed by atoms with Crippen molar-refractivity contribution in [1.82, 2.24) is 9.55 Å². The van der Waals surface area contributed by atoms with Crippen LogP contribution in [0.5, 0.6) is 0 Å². The highest BCUT2D eigenvalue weighted by Crippen LogP contribution is 2.43. The summed E-state index contributed by atoms with van der Waals surface area (Å²) in [5.41, 5.74) is 10.1. The number of ether oxygens (including phenoxy) is 1. The molecule has 2 aliphatic rings. The van der Waals surface area contributed by atoms with Crippen LogP contribution in [0.1, 0.15) is 30.0 Å². The summed E-state index contributed by atoms with van der Waals surface area (Å²) in [6.45, 7) is 1.87. The summed E-state index contributed by atoms with van der Waals surface area (Å²) in [5, 5.41) is 12.1. The van der Waals surface area contributed by atoms with E-state index in [2.05, 4.69) is 0 Å². The number of hydrogen-bond donors (Lipinski definition) is 2. The highest BCUT2D eigenvalue weighted by molar-refractivity contribution is 6.00. The van der Waals surface area contributed by atoms with Gasteiger partial charge in [0.05, 0.1) is 29.0 Å². The number of benzene rings is 2. The molecule has 0 bridgehead atoms. The lowest BCUT2D eigenvalue weighted by Gasteiger charge is -2.31. The molecular weight excluding hydrogens is 418 g/mol. The number of nitrogens with two attached hydrogens (primary N) is 1. The van der Waals surface area contributed by atoms with Crippen LogP contribution in [0.3, 0.4) is 0 Å². The van der Waals surface area contributed by atoms with Crippen molar-refractivity contribution in [3.63, 3.8) is 0 Å². The van der Waals surface area contributed by atoms with Crippen LogP contribution in [0.15, 0.2) is 59.4 Å². The van der Waals surface area contributed by atoms with Gasteiger partial charge in [0, 0.05) is 22.2 Å². The van der Waals surface area contributed by atoms with Crippen molar-refractivity contribution < 1.29 is 14.6 Å². The molecule has 6 rings (SSSR count). The topological polar surface area (TPSA) is 107 Å². The molecule has 3 N–H and O–H groups in total. The van der Waals surface area contributed by atoms with E-state index in [1.54, 1.807) is 17.6 Å². The second-order valence-corrected chi connectivity index (χ2v) is 8.56. The van der Waals surface area contributed by atoms with Crippen molar-refractivity contribution >= 4 is 22.6 Å². The van der Waals surface area contributed by atoms with E-state index in [0.29, 0.717) is 34.7 Å². The summed E-state index contributed by atoms with van der Waals surface area (Å²) < 4.78 is 6.82. The third-order valence-corrected chi connectivity index (χ3v) is 6.77. The lowest BCUT2D eigenvalue weighted by atomic mass is 9.86. The number of nitrogen functional groups attached to an aromatic ring is 1. The van der Waals surface area contributed by atoms with Crippen LogP contribution in [0.2, 0.25) is 0 Å². The van der Waals surface area contributed by atoms with E-state index in [9.17, 15) is 14.7 Å². The number of para-hydroxylation sites is 1. The Bertz CT molecular complexity index is 1560. The zero-order valence-corrected chi connectivity index (χ0v) is 18.0. The zero-order valence-electron chi connectivity index (χ0n) is 18.0. The fourth-order valence-corrected chi connectivity index (χ4v) is 5.05. The molecule has 4 heterocycles. The summed E-state index contributed by atoms with van der Waals surface area (Å²) in [4.78, 5) is 30.8. The molecule has 0 aliphatic carbocycles. The first-order valence-electron chi connectivity index (χ1n) is 10.9. The molecule has 2 aliphatic heterocycles. The molecule has 0 saturated carbocycles. The van der Waals surface area contributed by atoms with Crippen molar-refractivity contribution in [2.24, 2.45) is 0 Å². The smallest absolute Gasteiger partial charge is 0.343 e. The second kappa shape index (κ2) is 6.76. The average molecular weight is 439 g/mol. The minimum absolute atomic E-state index is 0.105. The molecule has 0 radical (unpaired) electrons. The summed E-state index contributed by atoms with van der Waals surface area (Å²) in [6.07, 6.45) is 0.105. The number of hydrogen-bond acceptors (Lipinski definition) is 6. The number of carbonyl (C=O) groups excluding carboxylic acids is 1. The van der Waals surface area contributed by atoms with Gasteiger partial charge in [-0.2, -0.15) is 0 Å². The average Bonchev–Trinajstić information content (AvgIpc) is 3.18. The van der Waals surface area contributed by atoms with Crippen molar-refractivity contribution in [2.45, 2.75) is 32.1 Å². The van der Waals surface area contributed by atoms with Gasteiger partial charge in [-0.15, -0.1) is 0 Å². The van der Waals surface area contributed by atoms with Gasteiger partial charge in [0.15, 0.2) is 5.60 Å². The number of cyclic esters (lactones) is 1. The Labute approximate surface area is 189 Å². The quantitative estimate of drug-likeness (QED) is 0.323. The Morgan fingerprint density at radius 1 is 1.12 bits per heavy atom. The van der Waals surface area contributed by atoms with Crippen LogP contribution in [-0.4, -0.2) is 20.6 Å². The normalized spacial score (nSPS) is 18.5. The van der Waals surface area contributed by atoms with Crippen LogP contribution in [0.25, 0.3) is 33.4 Å². The van der Waals surface area contributed by atoms with Gasteiger partial charge in [0.1, 0.15) is 6.61 Å². The van der Waals surface area contributed by atoms with Crippen LogP contribution >= 0.6 is 0 Å². The Hall–Kier alpha value is -3.97. The molecule has 7 nitrogen and oxygen atoms in total. The van der Waals surface area contributed by atoms with Crippen LogP contribution in [0, 0.1) is 0 Å². The van der Waals surface area contributed by atoms with Gasteiger partial charge in [0.2, 0.25) is 0 Å². The van der Waals surface area contributed by atoms with Crippen LogP contribution in [-0.2, 0) is 28.3 Å². The van der Waals surface area contributed by atoms with E-state index >= 15 is 0 Å². The fraction of sp³-hybridized carbons (Fsp3) is 0.192. The summed E-state index contributed by atoms with van der Waals surface area (Å²) >= 11 is 0. The maximum absolute atomic E-state index is 13.5. The predicted molar refractivity (Wildman–Crippen MR) is 124 cm³/mol. The minimum Gasteiger partial charge on any atom is -0.458 e. The van der Waals surface area contributed by atoms with Gasteiger partial charge in [-0.1, -0.05) is 37.3 Å². The molecule has 164 valence electrons. The van der Waals surface area contributed by atoms with Crippen LogP contribution < -0.4 is 11.3 Å². The minimum atomic E-state index is -1.85. The summed E-state index contributed by atoms with van der Waals surface area (Å²) in [6, 6.07) is 17.2. The molecule has 0 amide bonds. The number of carbonyl (C=O) groups is 1. The first-order chi connectivity index (χ1) is 15.9. The highest BCUT2D eigenvalue weighted by Gasteiger charge is 2.45. The number of anilines is 1. The largest absolute Gasteiger partial charge is 0.458 e. The molecule has 0 spiro atoms. The maximum Gasteiger partial charge on any atom is 0.343 e. The number of fused-ring (bicyclic) bond motifs is 5. The van der Waals surface area contributed by atoms with Gasteiger partial charge >= 0.3 is 5.97 Å². The fourth-order valence-electron chi connectivity index (χ4n) is 5.05. The molecule has 0 unspecified atom stereocenters. The molecule has 33 heavy (non-hydrogen) atoms. The third-order valence-electron chi connectivity index (χ3n) is 6.77. The van der Waals surface area contributed by atoms with Crippen molar-refractivity contribution in [2.75, 3.05) is 5.73 Å². The zero-order chi connectivity index (χ0) is 22.9. The predicted octanol–water partition coefficient (Wildman–Crippen LogP) is 3.33. The molecular formula is C26H21N3O4. The van der Waals surface area contributed by atoms with Gasteiger partial charge < -0.3 is 20.1 Å². The lowest BCUT2D eigenvalue weighted by Crippen LogP contribution is -2.44. The van der Waals surface area contributed by atoms with Crippen LogP contribution in [0.4, 0.5) is 5.69 Å². The van der Waals surface area contributed by atoms with E-state index in [1.807, 2.05) is 48.5 Å². The highest BCUT2D eigenvalue weighted by atomic mass is 16.6. The number of nitrogens with zero attached hydrogens (tertiary/aromatic N) is 2. The molecule has 4 aromatic rings. The Morgan fingerprint density at radius 2 is 1.94 bits per heavy atom. The Kier molecular flexibility index (Phi) is 4.04. The van der Waals surface area contributed by atoms with E-state index in [-0.39, 0.29) is 18.6 Å². The summed E-state index contributed by atoms with van der Waals surface area (Å²) in [7, 11) is 0. The number of aromatic nitrogens is 2. The molecule has 7 heteroatoms. The molecule has 2 aromatic carbocycles. The van der Waals surface area contributed by atoms with Gasteiger partial charge in [-0.05, 0) is 41.8 Å². The van der Waals surface area contributed by atoms with E-state index in [4.69, 9.17) is 15.5 Å². The number of esters is 1. The van der Waals surface area contributed by atoms with Crippen molar-refractivity contribution in [3.05, 3.63) is 81.6 Å². The monoisotopic (exact) mass is 439 g/mol.